The van der Waals surface area contributed by atoms with Crippen molar-refractivity contribution >= 4 is 11.6 Å². The zero-order chi connectivity index (χ0) is 14.0. The van der Waals surface area contributed by atoms with Crippen LogP contribution in [0.2, 0.25) is 5.02 Å². The quantitative estimate of drug-likeness (QED) is 0.801. The maximum atomic E-state index is 6.28. The van der Waals surface area contributed by atoms with E-state index < -0.39 is 0 Å². The largest absolute Gasteiger partial charge is 0.307 e. The van der Waals surface area contributed by atoms with Crippen LogP contribution in [0.15, 0.2) is 24.3 Å². The minimum Gasteiger partial charge on any atom is -0.307 e. The second-order valence-corrected chi connectivity index (χ2v) is 7.43. The molecule has 3 atom stereocenters. The number of halogens is 1. The van der Waals surface area contributed by atoms with E-state index in [0.29, 0.717) is 17.5 Å². The fourth-order valence-electron chi connectivity index (χ4n) is 3.74. The molecule has 1 N–H and O–H groups in total. The Hall–Kier alpha value is -0.530. The van der Waals surface area contributed by atoms with Gasteiger partial charge in [0.25, 0.3) is 0 Å². The highest BCUT2D eigenvalue weighted by molar-refractivity contribution is 6.31. The molecule has 1 aliphatic rings. The predicted octanol–water partition coefficient (Wildman–Crippen LogP) is 5.21. The number of rotatable bonds is 3. The first kappa shape index (κ1) is 14.9. The Kier molecular flexibility index (Phi) is 4.58. The minimum absolute atomic E-state index is 0.319. The van der Waals surface area contributed by atoms with Gasteiger partial charge in [-0.15, -0.1) is 0 Å². The monoisotopic (exact) mass is 279 g/mol. The van der Waals surface area contributed by atoms with E-state index in [-0.39, 0.29) is 0 Å². The Bertz CT molecular complexity index is 427. The van der Waals surface area contributed by atoms with E-state index in [1.54, 1.807) is 0 Å². The molecule has 0 aromatic heterocycles. The van der Waals surface area contributed by atoms with Gasteiger partial charge in [0, 0.05) is 17.1 Å². The van der Waals surface area contributed by atoms with Crippen molar-refractivity contribution in [2.75, 3.05) is 0 Å². The first-order valence-electron chi connectivity index (χ1n) is 7.38. The highest BCUT2D eigenvalue weighted by atomic mass is 35.5. The third kappa shape index (κ3) is 3.97. The third-order valence-electron chi connectivity index (χ3n) is 4.24. The molecule has 0 spiro atoms. The van der Waals surface area contributed by atoms with Crippen LogP contribution in [0, 0.1) is 11.3 Å². The summed E-state index contributed by atoms with van der Waals surface area (Å²) < 4.78 is 0. The van der Waals surface area contributed by atoms with Gasteiger partial charge in [0.2, 0.25) is 0 Å². The molecule has 106 valence electrons. The van der Waals surface area contributed by atoms with Crippen molar-refractivity contribution in [1.29, 1.82) is 0 Å². The minimum atomic E-state index is 0.319. The van der Waals surface area contributed by atoms with Crippen molar-refractivity contribution < 1.29 is 0 Å². The molecule has 1 aromatic carbocycles. The molecule has 1 saturated carbocycles. The van der Waals surface area contributed by atoms with E-state index in [0.717, 1.165) is 10.9 Å². The fourth-order valence-corrected chi connectivity index (χ4v) is 4.04. The molecule has 0 amide bonds. The van der Waals surface area contributed by atoms with Crippen LogP contribution in [-0.2, 0) is 0 Å². The maximum absolute atomic E-state index is 6.28. The summed E-state index contributed by atoms with van der Waals surface area (Å²) in [4.78, 5) is 0. The van der Waals surface area contributed by atoms with Gasteiger partial charge in [0.15, 0.2) is 0 Å². The van der Waals surface area contributed by atoms with Crippen molar-refractivity contribution in [2.45, 2.75) is 59.0 Å². The highest BCUT2D eigenvalue weighted by Gasteiger charge is 2.32. The van der Waals surface area contributed by atoms with Crippen LogP contribution < -0.4 is 5.32 Å². The van der Waals surface area contributed by atoms with Gasteiger partial charge < -0.3 is 5.32 Å². The molecule has 2 unspecified atom stereocenters. The van der Waals surface area contributed by atoms with Gasteiger partial charge in [0.05, 0.1) is 0 Å². The number of benzene rings is 1. The average molecular weight is 280 g/mol. The standard InChI is InChI=1S/C17H26ClN/c1-12-9-14(11-17(3,4)10-12)19-13(2)15-7-5-6-8-16(15)18/h5-8,12-14,19H,9-11H2,1-4H3/t12?,13-,14?/m1/s1. The van der Waals surface area contributed by atoms with Gasteiger partial charge in [-0.05, 0) is 49.1 Å². The second kappa shape index (κ2) is 5.85. The van der Waals surface area contributed by atoms with E-state index in [2.05, 4.69) is 45.1 Å². The molecule has 0 bridgehead atoms. The zero-order valence-electron chi connectivity index (χ0n) is 12.5. The van der Waals surface area contributed by atoms with E-state index in [1.807, 2.05) is 12.1 Å². The van der Waals surface area contributed by atoms with Gasteiger partial charge in [-0.1, -0.05) is 50.6 Å². The Balaban J connectivity index is 2.03. The van der Waals surface area contributed by atoms with Gasteiger partial charge in [-0.3, -0.25) is 0 Å². The van der Waals surface area contributed by atoms with E-state index in [9.17, 15) is 0 Å². The van der Waals surface area contributed by atoms with Crippen molar-refractivity contribution in [3.05, 3.63) is 34.9 Å². The summed E-state index contributed by atoms with van der Waals surface area (Å²) in [6.45, 7) is 9.36. The summed E-state index contributed by atoms with van der Waals surface area (Å²) in [5, 5.41) is 4.64. The first-order valence-corrected chi connectivity index (χ1v) is 7.76. The summed E-state index contributed by atoms with van der Waals surface area (Å²) in [5.74, 6) is 0.805. The fraction of sp³-hybridized carbons (Fsp3) is 0.647. The lowest BCUT2D eigenvalue weighted by Crippen LogP contribution is -2.41. The summed E-state index contributed by atoms with van der Waals surface area (Å²) in [6, 6.07) is 9.07. The van der Waals surface area contributed by atoms with Crippen LogP contribution in [0.1, 0.15) is 58.6 Å². The van der Waals surface area contributed by atoms with Crippen molar-refractivity contribution in [3.8, 4) is 0 Å². The molecular formula is C17H26ClN. The molecule has 2 rings (SSSR count). The Morgan fingerprint density at radius 2 is 1.95 bits per heavy atom. The summed E-state index contributed by atoms with van der Waals surface area (Å²) in [5.41, 5.74) is 1.66. The van der Waals surface area contributed by atoms with Crippen LogP contribution in [-0.4, -0.2) is 6.04 Å². The SMILES string of the molecule is CC1CC(N[C@H](C)c2ccccc2Cl)CC(C)(C)C1. The van der Waals surface area contributed by atoms with Crippen LogP contribution in [0.25, 0.3) is 0 Å². The van der Waals surface area contributed by atoms with Crippen LogP contribution in [0.5, 0.6) is 0 Å². The van der Waals surface area contributed by atoms with Gasteiger partial charge in [-0.25, -0.2) is 0 Å². The van der Waals surface area contributed by atoms with Crippen LogP contribution >= 0.6 is 11.6 Å². The molecule has 1 nitrogen and oxygen atoms in total. The zero-order valence-corrected chi connectivity index (χ0v) is 13.3. The lowest BCUT2D eigenvalue weighted by Gasteiger charge is -2.40. The normalized spacial score (nSPS) is 28.1. The van der Waals surface area contributed by atoms with Gasteiger partial charge in [0.1, 0.15) is 0 Å². The number of hydrogen-bond donors (Lipinski definition) is 1. The Labute approximate surface area is 122 Å². The summed E-state index contributed by atoms with van der Waals surface area (Å²) in [7, 11) is 0. The molecule has 19 heavy (non-hydrogen) atoms. The van der Waals surface area contributed by atoms with Crippen molar-refractivity contribution in [3.63, 3.8) is 0 Å². The molecule has 1 aliphatic carbocycles. The van der Waals surface area contributed by atoms with E-state index in [1.165, 1.54) is 24.8 Å². The predicted molar refractivity (Wildman–Crippen MR) is 83.6 cm³/mol. The smallest absolute Gasteiger partial charge is 0.0453 e. The Morgan fingerprint density at radius 1 is 1.26 bits per heavy atom. The molecule has 0 saturated heterocycles. The van der Waals surface area contributed by atoms with Crippen LogP contribution in [0.4, 0.5) is 0 Å². The van der Waals surface area contributed by atoms with Gasteiger partial charge in [-0.2, -0.15) is 0 Å². The highest BCUT2D eigenvalue weighted by Crippen LogP contribution is 2.39. The van der Waals surface area contributed by atoms with E-state index >= 15 is 0 Å². The average Bonchev–Trinajstić information content (AvgIpc) is 2.26. The van der Waals surface area contributed by atoms with Crippen molar-refractivity contribution in [2.24, 2.45) is 11.3 Å². The molecular weight excluding hydrogens is 254 g/mol. The first-order chi connectivity index (χ1) is 8.87. The lowest BCUT2D eigenvalue weighted by atomic mass is 9.70. The Morgan fingerprint density at radius 3 is 2.58 bits per heavy atom. The van der Waals surface area contributed by atoms with Crippen molar-refractivity contribution in [1.82, 2.24) is 5.32 Å². The third-order valence-corrected chi connectivity index (χ3v) is 4.59. The lowest BCUT2D eigenvalue weighted by molar-refractivity contribution is 0.145. The molecule has 0 aliphatic heterocycles. The van der Waals surface area contributed by atoms with Gasteiger partial charge >= 0.3 is 0 Å². The van der Waals surface area contributed by atoms with Crippen LogP contribution in [0.3, 0.4) is 0 Å². The summed E-state index contributed by atoms with van der Waals surface area (Å²) >= 11 is 6.28. The molecule has 0 radical (unpaired) electrons. The maximum Gasteiger partial charge on any atom is 0.0453 e. The summed E-state index contributed by atoms with van der Waals surface area (Å²) in [6.07, 6.45) is 3.87. The number of hydrogen-bond acceptors (Lipinski definition) is 1. The second-order valence-electron chi connectivity index (χ2n) is 7.02. The number of nitrogens with one attached hydrogen (secondary N) is 1. The topological polar surface area (TPSA) is 12.0 Å². The molecule has 2 heteroatoms. The molecule has 0 heterocycles. The molecule has 1 fully saturated rings. The molecule has 1 aromatic rings. The van der Waals surface area contributed by atoms with E-state index in [4.69, 9.17) is 11.6 Å².